The van der Waals surface area contributed by atoms with Gasteiger partial charge in [-0.2, -0.15) is 0 Å². The number of hydrogen-bond acceptors (Lipinski definition) is 18. The van der Waals surface area contributed by atoms with Crippen LogP contribution in [0, 0.1) is 0 Å². The Morgan fingerprint density at radius 1 is 0.417 bits per heavy atom. The van der Waals surface area contributed by atoms with Crippen molar-refractivity contribution in [2.75, 3.05) is 26.4 Å². The highest BCUT2D eigenvalue weighted by atomic mass is 16.8. The molecule has 1 amide bonds. The Hall–Kier alpha value is -2.25. The van der Waals surface area contributed by atoms with Crippen LogP contribution in [0.4, 0.5) is 0 Å². The molecular formula is C65H117NO18. The minimum absolute atomic E-state index is 0.233. The zero-order valence-electron chi connectivity index (χ0n) is 51.4. The topological polar surface area (TPSA) is 307 Å². The van der Waals surface area contributed by atoms with Gasteiger partial charge in [0.05, 0.1) is 38.6 Å². The van der Waals surface area contributed by atoms with Crippen molar-refractivity contribution in [1.82, 2.24) is 5.32 Å². The highest BCUT2D eigenvalue weighted by Crippen LogP contribution is 2.33. The van der Waals surface area contributed by atoms with E-state index in [1.165, 1.54) is 148 Å². The first-order valence-electron chi connectivity index (χ1n) is 32.9. The number of carbonyl (C=O) groups is 1. The van der Waals surface area contributed by atoms with Gasteiger partial charge in [0.1, 0.15) is 73.2 Å². The van der Waals surface area contributed by atoms with E-state index in [9.17, 15) is 61.0 Å². The van der Waals surface area contributed by atoms with E-state index >= 15 is 0 Å². The Kier molecular flexibility index (Phi) is 43.2. The van der Waals surface area contributed by atoms with E-state index in [0.717, 1.165) is 44.9 Å². The Bertz CT molecular complexity index is 1720. The SMILES string of the molecule is CCCC/C=C/CC/C=C/CC/C=C/C(O)C(COC1OC(CO)C(OC2OC(CO)C(OC3OC(CO)C(O)C(O)C3O)C(O)C2O)C(O)C1O)NC(=O)CCCCCCCCCCCCCCCCC/C=C\CCCCCCCCCC. The van der Waals surface area contributed by atoms with Gasteiger partial charge in [-0.05, 0) is 64.2 Å². The lowest BCUT2D eigenvalue weighted by molar-refractivity contribution is -0.379. The molecule has 19 heteroatoms. The Labute approximate surface area is 503 Å². The fourth-order valence-corrected chi connectivity index (χ4v) is 10.9. The standard InChI is InChI=1S/C65H117NO18/c1-3-5-7-9-11-13-15-17-18-19-20-21-22-23-24-25-26-27-28-29-30-31-33-35-37-39-41-43-53(71)66-48(49(70)42-40-38-36-34-32-16-14-12-10-8-6-4-2)47-79-63-59(77)56(74)61(51(45-68)81-63)84-65-60(78)57(75)62(52(46-69)82-65)83-64-58(76)55(73)54(72)50(44-67)80-64/h10,12,19-20,32,34,40,42,48-52,54-65,67-70,72-78H,3-9,11,13-18,21-31,33,35-39,41,43-47H2,1-2H3,(H,66,71)/b12-10+,20-19-,34-32+,42-40+. The molecule has 0 bridgehead atoms. The number of unbranched alkanes of at least 4 members (excludes halogenated alkanes) is 27. The van der Waals surface area contributed by atoms with Gasteiger partial charge in [-0.15, -0.1) is 0 Å². The molecule has 19 nitrogen and oxygen atoms in total. The quantitative estimate of drug-likeness (QED) is 0.0208. The lowest BCUT2D eigenvalue weighted by Crippen LogP contribution is -2.66. The second-order valence-corrected chi connectivity index (χ2v) is 23.6. The number of rotatable bonds is 49. The van der Waals surface area contributed by atoms with Crippen LogP contribution in [-0.4, -0.2) is 193 Å². The van der Waals surface area contributed by atoms with Crippen LogP contribution in [0.15, 0.2) is 48.6 Å². The lowest BCUT2D eigenvalue weighted by Gasteiger charge is -2.48. The monoisotopic (exact) mass is 1200 g/mol. The van der Waals surface area contributed by atoms with Gasteiger partial charge >= 0.3 is 0 Å². The molecule has 3 rings (SSSR count). The molecule has 17 unspecified atom stereocenters. The van der Waals surface area contributed by atoms with Crippen molar-refractivity contribution in [3.05, 3.63) is 48.6 Å². The maximum atomic E-state index is 13.3. The van der Waals surface area contributed by atoms with Gasteiger partial charge in [0.2, 0.25) is 5.91 Å². The molecule has 17 atom stereocenters. The van der Waals surface area contributed by atoms with E-state index in [4.69, 9.17) is 28.4 Å². The van der Waals surface area contributed by atoms with Crippen LogP contribution in [0.3, 0.4) is 0 Å². The van der Waals surface area contributed by atoms with Gasteiger partial charge in [0.25, 0.3) is 0 Å². The van der Waals surface area contributed by atoms with Crippen LogP contribution in [-0.2, 0) is 33.2 Å². The number of allylic oxidation sites excluding steroid dienone is 7. The average Bonchev–Trinajstić information content (AvgIpc) is 2.85. The van der Waals surface area contributed by atoms with Crippen LogP contribution >= 0.6 is 0 Å². The summed E-state index contributed by atoms with van der Waals surface area (Å²) in [5.41, 5.74) is 0. The molecule has 0 saturated carbocycles. The minimum atomic E-state index is -1.98. The molecule has 0 aromatic rings. The Morgan fingerprint density at radius 2 is 0.774 bits per heavy atom. The first-order valence-corrected chi connectivity index (χ1v) is 32.9. The third-order valence-corrected chi connectivity index (χ3v) is 16.3. The summed E-state index contributed by atoms with van der Waals surface area (Å²) >= 11 is 0. The number of carbonyl (C=O) groups excluding carboxylic acids is 1. The minimum Gasteiger partial charge on any atom is -0.394 e. The first-order chi connectivity index (χ1) is 40.8. The highest BCUT2D eigenvalue weighted by Gasteiger charge is 2.53. The second-order valence-electron chi connectivity index (χ2n) is 23.6. The van der Waals surface area contributed by atoms with Crippen molar-refractivity contribution in [2.24, 2.45) is 0 Å². The molecule has 0 aromatic carbocycles. The molecule has 0 aromatic heterocycles. The number of amides is 1. The van der Waals surface area contributed by atoms with Crippen molar-refractivity contribution in [2.45, 2.75) is 330 Å². The molecule has 490 valence electrons. The van der Waals surface area contributed by atoms with Gasteiger partial charge in [0.15, 0.2) is 18.9 Å². The fourth-order valence-electron chi connectivity index (χ4n) is 10.9. The second kappa shape index (κ2) is 47.7. The largest absolute Gasteiger partial charge is 0.394 e. The summed E-state index contributed by atoms with van der Waals surface area (Å²) in [4.78, 5) is 13.3. The molecule has 3 saturated heterocycles. The summed E-state index contributed by atoms with van der Waals surface area (Å²) < 4.78 is 34.2. The van der Waals surface area contributed by atoms with Crippen LogP contribution < -0.4 is 5.32 Å². The molecule has 12 N–H and O–H groups in total. The molecule has 3 fully saturated rings. The smallest absolute Gasteiger partial charge is 0.220 e. The normalized spacial score (nSPS) is 29.5. The van der Waals surface area contributed by atoms with Crippen molar-refractivity contribution in [3.63, 3.8) is 0 Å². The van der Waals surface area contributed by atoms with Gasteiger partial charge in [-0.1, -0.05) is 204 Å². The lowest BCUT2D eigenvalue weighted by atomic mass is 9.96. The molecule has 84 heavy (non-hydrogen) atoms. The Balaban J connectivity index is 1.41. The van der Waals surface area contributed by atoms with Crippen molar-refractivity contribution in [1.29, 1.82) is 0 Å². The van der Waals surface area contributed by atoms with Gasteiger partial charge in [0, 0.05) is 6.42 Å². The van der Waals surface area contributed by atoms with Crippen molar-refractivity contribution in [3.8, 4) is 0 Å². The number of hydrogen-bond donors (Lipinski definition) is 12. The first kappa shape index (κ1) is 76.0. The highest BCUT2D eigenvalue weighted by molar-refractivity contribution is 5.76. The summed E-state index contributed by atoms with van der Waals surface area (Å²) in [5, 5.41) is 120. The predicted octanol–water partition coefficient (Wildman–Crippen LogP) is 7.43. The summed E-state index contributed by atoms with van der Waals surface area (Å²) in [5.74, 6) is -0.290. The van der Waals surface area contributed by atoms with E-state index in [2.05, 4.69) is 55.6 Å². The summed E-state index contributed by atoms with van der Waals surface area (Å²) in [6.07, 6.45) is 28.3. The van der Waals surface area contributed by atoms with Crippen LogP contribution in [0.5, 0.6) is 0 Å². The number of ether oxygens (including phenoxy) is 6. The summed E-state index contributed by atoms with van der Waals surface area (Å²) in [6, 6.07) is -0.995. The molecule has 3 aliphatic heterocycles. The molecule has 0 aliphatic carbocycles. The van der Waals surface area contributed by atoms with Crippen molar-refractivity contribution < 1.29 is 89.4 Å². The van der Waals surface area contributed by atoms with Crippen LogP contribution in [0.25, 0.3) is 0 Å². The predicted molar refractivity (Wildman–Crippen MR) is 323 cm³/mol. The number of aliphatic hydroxyl groups excluding tert-OH is 11. The maximum absolute atomic E-state index is 13.3. The third-order valence-electron chi connectivity index (χ3n) is 16.3. The molecule has 3 aliphatic rings. The zero-order chi connectivity index (χ0) is 61.2. The maximum Gasteiger partial charge on any atom is 0.220 e. The van der Waals surface area contributed by atoms with E-state index in [1.54, 1.807) is 6.08 Å². The van der Waals surface area contributed by atoms with Crippen molar-refractivity contribution >= 4 is 5.91 Å². The van der Waals surface area contributed by atoms with E-state index in [0.29, 0.717) is 12.8 Å². The molecule has 0 radical (unpaired) electrons. The van der Waals surface area contributed by atoms with Gasteiger partial charge in [-0.3, -0.25) is 4.79 Å². The molecule has 0 spiro atoms. The van der Waals surface area contributed by atoms with E-state index in [1.807, 2.05) is 6.08 Å². The zero-order valence-corrected chi connectivity index (χ0v) is 51.4. The third kappa shape index (κ3) is 30.3. The molecule has 3 heterocycles. The summed E-state index contributed by atoms with van der Waals surface area (Å²) in [7, 11) is 0. The number of aliphatic hydroxyl groups is 11. The fraction of sp³-hybridized carbons (Fsp3) is 0.862. The van der Waals surface area contributed by atoms with Crippen LogP contribution in [0.1, 0.15) is 226 Å². The Morgan fingerprint density at radius 3 is 1.23 bits per heavy atom. The van der Waals surface area contributed by atoms with Crippen LogP contribution in [0.2, 0.25) is 0 Å². The van der Waals surface area contributed by atoms with Gasteiger partial charge in [-0.25, -0.2) is 0 Å². The van der Waals surface area contributed by atoms with Gasteiger partial charge < -0.3 is 89.9 Å². The molecular weight excluding hydrogens is 1080 g/mol. The number of nitrogens with one attached hydrogen (secondary N) is 1. The van der Waals surface area contributed by atoms with E-state index < -0.39 is 124 Å². The average molecular weight is 1200 g/mol. The van der Waals surface area contributed by atoms with E-state index in [-0.39, 0.29) is 18.9 Å². The summed E-state index contributed by atoms with van der Waals surface area (Å²) in [6.45, 7) is 1.65.